The highest BCUT2D eigenvalue weighted by Crippen LogP contribution is 2.52. The van der Waals surface area contributed by atoms with Crippen molar-refractivity contribution in [3.8, 4) is 5.75 Å². The lowest BCUT2D eigenvalue weighted by Crippen LogP contribution is -2.50. The molecule has 2 amide bonds. The summed E-state index contributed by atoms with van der Waals surface area (Å²) >= 11 is 0. The summed E-state index contributed by atoms with van der Waals surface area (Å²) < 4.78 is 5.17. The van der Waals surface area contributed by atoms with Crippen molar-refractivity contribution in [3.63, 3.8) is 0 Å². The van der Waals surface area contributed by atoms with Gasteiger partial charge in [-0.2, -0.15) is 0 Å². The molecule has 0 aromatic heterocycles. The van der Waals surface area contributed by atoms with Crippen molar-refractivity contribution in [2.45, 2.75) is 44.6 Å². The number of amides is 2. The summed E-state index contributed by atoms with van der Waals surface area (Å²) in [4.78, 5) is 27.5. The van der Waals surface area contributed by atoms with E-state index in [4.69, 9.17) is 4.74 Å². The number of hydrogen-bond acceptors (Lipinski definition) is 3. The number of carbonyl (C=O) groups excluding carboxylic acids is 2. The molecule has 2 aliphatic heterocycles. The average molecular weight is 342 g/mol. The van der Waals surface area contributed by atoms with Crippen LogP contribution in [-0.2, 0) is 16.0 Å². The van der Waals surface area contributed by atoms with Gasteiger partial charge < -0.3 is 15.0 Å². The lowest BCUT2D eigenvalue weighted by atomic mass is 9.67. The van der Waals surface area contributed by atoms with E-state index in [-0.39, 0.29) is 23.3 Å². The van der Waals surface area contributed by atoms with E-state index in [0.717, 1.165) is 56.5 Å². The summed E-state index contributed by atoms with van der Waals surface area (Å²) in [5.41, 5.74) is 0.846. The van der Waals surface area contributed by atoms with E-state index in [9.17, 15) is 9.59 Å². The van der Waals surface area contributed by atoms with Gasteiger partial charge in [-0.25, -0.2) is 0 Å². The minimum atomic E-state index is -0.298. The number of nitrogens with zero attached hydrogens (tertiary/aromatic N) is 1. The van der Waals surface area contributed by atoms with Crippen LogP contribution >= 0.6 is 0 Å². The van der Waals surface area contributed by atoms with Crippen LogP contribution in [0.2, 0.25) is 0 Å². The first-order valence-electron chi connectivity index (χ1n) is 9.36. The van der Waals surface area contributed by atoms with E-state index in [1.54, 1.807) is 7.11 Å². The van der Waals surface area contributed by atoms with Gasteiger partial charge in [0.2, 0.25) is 11.8 Å². The highest BCUT2D eigenvalue weighted by Gasteiger charge is 2.62. The Morgan fingerprint density at radius 3 is 2.88 bits per heavy atom. The molecule has 1 N–H and O–H groups in total. The van der Waals surface area contributed by atoms with Crippen molar-refractivity contribution >= 4 is 11.8 Å². The number of aryl methyl sites for hydroxylation is 1. The summed E-state index contributed by atoms with van der Waals surface area (Å²) in [5, 5.41) is 3.05. The summed E-state index contributed by atoms with van der Waals surface area (Å²) in [6.07, 6.45) is 5.38. The smallest absolute Gasteiger partial charge is 0.228 e. The van der Waals surface area contributed by atoms with Crippen LogP contribution in [0, 0.1) is 11.3 Å². The standard InChI is InChI=1S/C20H26N2O3/c1-25-16-8-5-14(6-9-16)7-10-18(23)22-13-15-12-21-19(24)20(15)11-3-2-4-17(20)22/h5-6,8-9,15,17H,2-4,7,10-13H2,1H3,(H,21,24). The molecule has 0 radical (unpaired) electrons. The fourth-order valence-corrected chi connectivity index (χ4v) is 5.16. The van der Waals surface area contributed by atoms with Crippen LogP contribution in [0.15, 0.2) is 24.3 Å². The molecule has 1 aromatic carbocycles. The molecule has 1 spiro atoms. The molecule has 3 aliphatic rings. The van der Waals surface area contributed by atoms with Gasteiger partial charge in [0.1, 0.15) is 5.75 Å². The Morgan fingerprint density at radius 1 is 1.32 bits per heavy atom. The van der Waals surface area contributed by atoms with Crippen LogP contribution in [0.25, 0.3) is 0 Å². The summed E-state index contributed by atoms with van der Waals surface area (Å²) in [6, 6.07) is 8.00. The van der Waals surface area contributed by atoms with E-state index in [1.807, 2.05) is 29.2 Å². The number of nitrogens with one attached hydrogen (secondary N) is 1. The first-order chi connectivity index (χ1) is 12.1. The molecule has 5 heteroatoms. The monoisotopic (exact) mass is 342 g/mol. The lowest BCUT2D eigenvalue weighted by Gasteiger charge is -2.39. The van der Waals surface area contributed by atoms with Crippen LogP contribution in [-0.4, -0.2) is 43.0 Å². The molecule has 1 aromatic rings. The van der Waals surface area contributed by atoms with Gasteiger partial charge in [0.15, 0.2) is 0 Å². The molecular weight excluding hydrogens is 316 g/mol. The van der Waals surface area contributed by atoms with Crippen LogP contribution in [0.4, 0.5) is 0 Å². The van der Waals surface area contributed by atoms with Crippen LogP contribution in [0.3, 0.4) is 0 Å². The zero-order valence-corrected chi connectivity index (χ0v) is 14.8. The maximum atomic E-state index is 12.9. The fraction of sp³-hybridized carbons (Fsp3) is 0.600. The Labute approximate surface area is 148 Å². The largest absolute Gasteiger partial charge is 0.497 e. The molecule has 3 atom stereocenters. The molecule has 2 saturated heterocycles. The maximum Gasteiger partial charge on any atom is 0.228 e. The Morgan fingerprint density at radius 2 is 2.12 bits per heavy atom. The minimum Gasteiger partial charge on any atom is -0.497 e. The topological polar surface area (TPSA) is 58.6 Å². The molecule has 2 heterocycles. The SMILES string of the molecule is COc1ccc(CCC(=O)N2CC3CNC(=O)C34CCCCC24)cc1. The molecule has 4 rings (SSSR count). The molecule has 0 bridgehead atoms. The fourth-order valence-electron chi connectivity index (χ4n) is 5.16. The number of rotatable bonds is 4. The second-order valence-electron chi connectivity index (χ2n) is 7.60. The molecule has 25 heavy (non-hydrogen) atoms. The zero-order valence-electron chi connectivity index (χ0n) is 14.8. The number of ether oxygens (including phenoxy) is 1. The maximum absolute atomic E-state index is 12.9. The van der Waals surface area contributed by atoms with Crippen molar-refractivity contribution in [2.75, 3.05) is 20.2 Å². The first-order valence-corrected chi connectivity index (χ1v) is 9.36. The second kappa shape index (κ2) is 6.36. The van der Waals surface area contributed by atoms with Gasteiger partial charge in [-0.15, -0.1) is 0 Å². The van der Waals surface area contributed by atoms with E-state index >= 15 is 0 Å². The highest BCUT2D eigenvalue weighted by atomic mass is 16.5. The Hall–Kier alpha value is -2.04. The predicted molar refractivity (Wildman–Crippen MR) is 94.2 cm³/mol. The molecule has 5 nitrogen and oxygen atoms in total. The predicted octanol–water partition coefficient (Wildman–Crippen LogP) is 2.14. The molecule has 134 valence electrons. The normalized spacial score (nSPS) is 30.6. The molecule has 3 fully saturated rings. The van der Waals surface area contributed by atoms with Crippen molar-refractivity contribution in [2.24, 2.45) is 11.3 Å². The van der Waals surface area contributed by atoms with Gasteiger partial charge in [-0.05, 0) is 37.0 Å². The van der Waals surface area contributed by atoms with Gasteiger partial charge >= 0.3 is 0 Å². The number of hydrogen-bond donors (Lipinski definition) is 1. The van der Waals surface area contributed by atoms with Gasteiger partial charge in [-0.3, -0.25) is 9.59 Å². The third-order valence-electron chi connectivity index (χ3n) is 6.47. The van der Waals surface area contributed by atoms with Crippen LogP contribution < -0.4 is 10.1 Å². The van der Waals surface area contributed by atoms with Gasteiger partial charge in [-0.1, -0.05) is 25.0 Å². The molecule has 1 aliphatic carbocycles. The van der Waals surface area contributed by atoms with Gasteiger partial charge in [0.05, 0.1) is 12.5 Å². The Balaban J connectivity index is 1.44. The van der Waals surface area contributed by atoms with E-state index in [0.29, 0.717) is 12.3 Å². The molecule has 1 saturated carbocycles. The van der Waals surface area contributed by atoms with Crippen LogP contribution in [0.1, 0.15) is 37.7 Å². The van der Waals surface area contributed by atoms with Crippen molar-refractivity contribution in [1.29, 1.82) is 0 Å². The van der Waals surface area contributed by atoms with E-state index in [1.165, 1.54) is 0 Å². The van der Waals surface area contributed by atoms with E-state index < -0.39 is 0 Å². The Kier molecular flexibility index (Phi) is 4.18. The quantitative estimate of drug-likeness (QED) is 0.912. The van der Waals surface area contributed by atoms with Crippen molar-refractivity contribution in [1.82, 2.24) is 10.2 Å². The number of benzene rings is 1. The van der Waals surface area contributed by atoms with Crippen molar-refractivity contribution < 1.29 is 14.3 Å². The first kappa shape index (κ1) is 16.4. The minimum absolute atomic E-state index is 0.108. The van der Waals surface area contributed by atoms with Gasteiger partial charge in [0, 0.05) is 31.5 Å². The summed E-state index contributed by atoms with van der Waals surface area (Å²) in [6.45, 7) is 1.47. The Bertz CT molecular complexity index is 672. The zero-order chi connectivity index (χ0) is 17.4. The molecule has 3 unspecified atom stereocenters. The summed E-state index contributed by atoms with van der Waals surface area (Å²) in [5.74, 6) is 1.52. The third kappa shape index (κ3) is 2.60. The lowest BCUT2D eigenvalue weighted by molar-refractivity contribution is -0.137. The average Bonchev–Trinajstić information content (AvgIpc) is 3.14. The molecular formula is C20H26N2O3. The summed E-state index contributed by atoms with van der Waals surface area (Å²) in [7, 11) is 1.65. The van der Waals surface area contributed by atoms with Crippen molar-refractivity contribution in [3.05, 3.63) is 29.8 Å². The number of methoxy groups -OCH3 is 1. The van der Waals surface area contributed by atoms with Crippen LogP contribution in [0.5, 0.6) is 5.75 Å². The van der Waals surface area contributed by atoms with E-state index in [2.05, 4.69) is 5.32 Å². The third-order valence-corrected chi connectivity index (χ3v) is 6.47. The number of likely N-dealkylation sites (tertiary alicyclic amines) is 1. The second-order valence-corrected chi connectivity index (χ2v) is 7.60. The number of carbonyl (C=O) groups is 2. The van der Waals surface area contributed by atoms with Gasteiger partial charge in [0.25, 0.3) is 0 Å². The highest BCUT2D eigenvalue weighted by molar-refractivity contribution is 5.89.